The lowest BCUT2D eigenvalue weighted by Gasteiger charge is -2.25. The van der Waals surface area contributed by atoms with E-state index in [1.807, 2.05) is 19.2 Å². The summed E-state index contributed by atoms with van der Waals surface area (Å²) in [4.78, 5) is 0. The number of hydrogen-bond acceptors (Lipinski definition) is 1. The van der Waals surface area contributed by atoms with E-state index in [1.165, 1.54) is 19.3 Å². The minimum Gasteiger partial charge on any atom is -0.313 e. The van der Waals surface area contributed by atoms with Gasteiger partial charge in [0, 0.05) is 16.1 Å². The first-order valence-corrected chi connectivity index (χ1v) is 7.59. The van der Waals surface area contributed by atoms with Crippen molar-refractivity contribution in [2.45, 2.75) is 25.3 Å². The highest BCUT2D eigenvalue weighted by Gasteiger charge is 2.48. The summed E-state index contributed by atoms with van der Waals surface area (Å²) in [6.45, 7) is 0. The summed E-state index contributed by atoms with van der Waals surface area (Å²) in [6, 6.07) is 3.76. The lowest BCUT2D eigenvalue weighted by atomic mass is 9.89. The Bertz CT molecular complexity index is 469. The highest BCUT2D eigenvalue weighted by atomic mass is 79.9. The zero-order chi connectivity index (χ0) is 12.9. The molecule has 3 atom stereocenters. The highest BCUT2D eigenvalue weighted by Crippen LogP contribution is 2.57. The van der Waals surface area contributed by atoms with Gasteiger partial charge in [0.1, 0.15) is 5.82 Å². The average molecular weight is 333 g/mol. The van der Waals surface area contributed by atoms with Gasteiger partial charge in [-0.3, -0.25) is 0 Å². The maximum atomic E-state index is 14.3. The Morgan fingerprint density at radius 2 is 2.00 bits per heavy atom. The molecule has 1 nitrogen and oxygen atoms in total. The van der Waals surface area contributed by atoms with Gasteiger partial charge in [-0.05, 0) is 66.1 Å². The third-order valence-corrected chi connectivity index (χ3v) is 5.72. The van der Waals surface area contributed by atoms with E-state index in [9.17, 15) is 4.39 Å². The normalized spacial score (nSPS) is 31.2. The van der Waals surface area contributed by atoms with Crippen molar-refractivity contribution in [3.05, 3.63) is 33.0 Å². The molecule has 4 heteroatoms. The van der Waals surface area contributed by atoms with Crippen molar-refractivity contribution in [1.82, 2.24) is 5.32 Å². The van der Waals surface area contributed by atoms with E-state index in [2.05, 4.69) is 21.2 Å². The molecule has 0 radical (unpaired) electrons. The Morgan fingerprint density at radius 3 is 2.61 bits per heavy atom. The Morgan fingerprint density at radius 1 is 1.33 bits per heavy atom. The molecule has 0 bridgehead atoms. The van der Waals surface area contributed by atoms with Gasteiger partial charge in [0.05, 0.1) is 5.02 Å². The second-order valence-electron chi connectivity index (χ2n) is 5.52. The minimum absolute atomic E-state index is 0.0865. The second kappa shape index (κ2) is 4.77. The van der Waals surface area contributed by atoms with E-state index < -0.39 is 0 Å². The molecular weight excluding hydrogens is 317 g/mol. The maximum absolute atomic E-state index is 14.3. The Labute approximate surface area is 120 Å². The van der Waals surface area contributed by atoms with Crippen molar-refractivity contribution in [3.63, 3.8) is 0 Å². The molecule has 1 aromatic rings. The van der Waals surface area contributed by atoms with Crippen LogP contribution < -0.4 is 5.32 Å². The first kappa shape index (κ1) is 12.9. The predicted octanol–water partition coefficient (Wildman–Crippen LogP) is 4.55. The highest BCUT2D eigenvalue weighted by molar-refractivity contribution is 9.10. The lowest BCUT2D eigenvalue weighted by molar-refractivity contribution is 0.350. The monoisotopic (exact) mass is 331 g/mol. The van der Waals surface area contributed by atoms with E-state index >= 15 is 0 Å². The van der Waals surface area contributed by atoms with Crippen LogP contribution in [0.15, 0.2) is 16.6 Å². The number of hydrogen-bond donors (Lipinski definition) is 1. The van der Waals surface area contributed by atoms with Crippen LogP contribution in [-0.2, 0) is 0 Å². The minimum atomic E-state index is -0.286. The Kier molecular flexibility index (Phi) is 3.41. The summed E-state index contributed by atoms with van der Waals surface area (Å²) in [5.41, 5.74) is 0.706. The molecule has 1 N–H and O–H groups in total. The topological polar surface area (TPSA) is 12.0 Å². The van der Waals surface area contributed by atoms with Crippen molar-refractivity contribution >= 4 is 27.5 Å². The van der Waals surface area contributed by atoms with Crippen molar-refractivity contribution in [3.8, 4) is 0 Å². The molecule has 18 heavy (non-hydrogen) atoms. The summed E-state index contributed by atoms with van der Waals surface area (Å²) in [7, 11) is 1.91. The summed E-state index contributed by atoms with van der Waals surface area (Å²) < 4.78 is 14.9. The molecule has 2 aliphatic rings. The van der Waals surface area contributed by atoms with Gasteiger partial charge in [0.25, 0.3) is 0 Å². The molecule has 3 rings (SSSR count). The van der Waals surface area contributed by atoms with Gasteiger partial charge in [-0.25, -0.2) is 4.39 Å². The predicted molar refractivity (Wildman–Crippen MR) is 75.2 cm³/mol. The maximum Gasteiger partial charge on any atom is 0.147 e. The molecule has 2 fully saturated rings. The van der Waals surface area contributed by atoms with Crippen LogP contribution in [0.25, 0.3) is 0 Å². The quantitative estimate of drug-likeness (QED) is 0.801. The fourth-order valence-corrected chi connectivity index (χ4v) is 3.94. The lowest BCUT2D eigenvalue weighted by Crippen LogP contribution is -2.25. The van der Waals surface area contributed by atoms with Crippen LogP contribution >= 0.6 is 27.5 Å². The molecule has 0 saturated heterocycles. The molecule has 0 amide bonds. The zero-order valence-corrected chi connectivity index (χ0v) is 12.6. The number of fused-ring (bicyclic) bond motifs is 1. The molecule has 0 heterocycles. The van der Waals surface area contributed by atoms with Crippen LogP contribution in [-0.4, -0.2) is 7.05 Å². The Balaban J connectivity index is 1.89. The van der Waals surface area contributed by atoms with Gasteiger partial charge in [0.2, 0.25) is 0 Å². The third kappa shape index (κ3) is 2.10. The zero-order valence-electron chi connectivity index (χ0n) is 10.2. The molecule has 0 spiro atoms. The van der Waals surface area contributed by atoms with Crippen LogP contribution in [0.2, 0.25) is 5.02 Å². The first-order valence-electron chi connectivity index (χ1n) is 6.42. The van der Waals surface area contributed by atoms with Gasteiger partial charge in [0.15, 0.2) is 0 Å². The number of nitrogens with one attached hydrogen (secondary N) is 1. The summed E-state index contributed by atoms with van der Waals surface area (Å²) in [5, 5.41) is 3.47. The summed E-state index contributed by atoms with van der Waals surface area (Å²) in [5.74, 6) is 2.07. The van der Waals surface area contributed by atoms with E-state index in [1.54, 1.807) is 0 Å². The average Bonchev–Trinajstić information content (AvgIpc) is 2.97. The van der Waals surface area contributed by atoms with Gasteiger partial charge in [-0.1, -0.05) is 17.7 Å². The fourth-order valence-electron chi connectivity index (χ4n) is 3.46. The van der Waals surface area contributed by atoms with E-state index in [-0.39, 0.29) is 16.9 Å². The standard InChI is InChI=1S/C14H16BrClFN/c1-18-14(9-5-7-4-8(7)6-9)10-2-3-11(15)12(16)13(10)17/h2-3,7-9,14,18H,4-6H2,1H3. The summed E-state index contributed by atoms with van der Waals surface area (Å²) in [6.07, 6.45) is 3.84. The second-order valence-corrected chi connectivity index (χ2v) is 6.75. The number of halogens is 3. The van der Waals surface area contributed by atoms with Gasteiger partial charge in [-0.2, -0.15) is 0 Å². The van der Waals surface area contributed by atoms with Crippen LogP contribution in [0.3, 0.4) is 0 Å². The van der Waals surface area contributed by atoms with Crippen molar-refractivity contribution in [2.24, 2.45) is 17.8 Å². The molecule has 0 aliphatic heterocycles. The molecular formula is C14H16BrClFN. The number of benzene rings is 1. The van der Waals surface area contributed by atoms with Gasteiger partial charge in [-0.15, -0.1) is 0 Å². The van der Waals surface area contributed by atoms with Crippen molar-refractivity contribution in [2.75, 3.05) is 7.05 Å². The molecule has 2 saturated carbocycles. The number of rotatable bonds is 3. The van der Waals surface area contributed by atoms with E-state index in [0.717, 1.165) is 11.8 Å². The van der Waals surface area contributed by atoms with Crippen LogP contribution in [0.5, 0.6) is 0 Å². The van der Waals surface area contributed by atoms with E-state index in [0.29, 0.717) is 16.0 Å². The van der Waals surface area contributed by atoms with Crippen LogP contribution in [0.1, 0.15) is 30.9 Å². The van der Waals surface area contributed by atoms with Gasteiger partial charge < -0.3 is 5.32 Å². The first-order chi connectivity index (χ1) is 8.61. The largest absolute Gasteiger partial charge is 0.313 e. The fraction of sp³-hybridized carbons (Fsp3) is 0.571. The molecule has 1 aromatic carbocycles. The summed E-state index contributed by atoms with van der Waals surface area (Å²) >= 11 is 9.24. The molecule has 2 aliphatic carbocycles. The molecule has 0 aromatic heterocycles. The van der Waals surface area contributed by atoms with Crippen LogP contribution in [0.4, 0.5) is 4.39 Å². The molecule has 98 valence electrons. The smallest absolute Gasteiger partial charge is 0.147 e. The van der Waals surface area contributed by atoms with Gasteiger partial charge >= 0.3 is 0 Å². The molecule has 3 unspecified atom stereocenters. The Hall–Kier alpha value is -0.120. The van der Waals surface area contributed by atoms with Crippen LogP contribution in [0, 0.1) is 23.6 Å². The SMILES string of the molecule is CNC(c1ccc(Br)c(Cl)c1F)C1CC2CC2C1. The van der Waals surface area contributed by atoms with Crippen molar-refractivity contribution < 1.29 is 4.39 Å². The third-order valence-electron chi connectivity index (χ3n) is 4.46. The van der Waals surface area contributed by atoms with E-state index in [4.69, 9.17) is 11.6 Å². The van der Waals surface area contributed by atoms with Crippen molar-refractivity contribution in [1.29, 1.82) is 0 Å².